The number of rotatable bonds is 6. The zero-order valence-electron chi connectivity index (χ0n) is 23.7. The summed E-state index contributed by atoms with van der Waals surface area (Å²) in [7, 11) is 0. The molecule has 2 aliphatic rings. The average molecular weight is 625 g/mol. The van der Waals surface area contributed by atoms with E-state index in [-0.39, 0.29) is 24.5 Å². The number of fused-ring (bicyclic) bond motifs is 2. The molecule has 2 aliphatic heterocycles. The van der Waals surface area contributed by atoms with Crippen LogP contribution in [-0.4, -0.2) is 23.9 Å². The van der Waals surface area contributed by atoms with Gasteiger partial charge in [-0.3, -0.25) is 9.36 Å². The van der Waals surface area contributed by atoms with E-state index in [9.17, 15) is 9.59 Å². The lowest BCUT2D eigenvalue weighted by atomic mass is 9.93. The fourth-order valence-corrected chi connectivity index (χ4v) is 6.56. The second-order valence-electron chi connectivity index (χ2n) is 10.2. The minimum absolute atomic E-state index is 0.0945. The van der Waals surface area contributed by atoms with Crippen molar-refractivity contribution in [2.75, 3.05) is 13.4 Å². The third-order valence-corrected chi connectivity index (χ3v) is 8.67. The lowest BCUT2D eigenvalue weighted by molar-refractivity contribution is -0.138. The van der Waals surface area contributed by atoms with Crippen molar-refractivity contribution in [1.29, 1.82) is 0 Å². The second kappa shape index (κ2) is 11.3. The SMILES string of the molecule is CCOC(=O)C1=C(c2ccccc2)N=c2s/c(=C\c3ccc(-c4cc(Cl)ccc4C)o3)c(=O)n2C1c1ccc2c(c1)OCO2. The van der Waals surface area contributed by atoms with Gasteiger partial charge in [-0.1, -0.05) is 65.4 Å². The van der Waals surface area contributed by atoms with Crippen molar-refractivity contribution in [3.8, 4) is 22.8 Å². The van der Waals surface area contributed by atoms with Gasteiger partial charge in [0.25, 0.3) is 5.56 Å². The summed E-state index contributed by atoms with van der Waals surface area (Å²) in [4.78, 5) is 33.2. The van der Waals surface area contributed by atoms with Gasteiger partial charge in [0, 0.05) is 22.2 Å². The maximum atomic E-state index is 14.2. The first-order chi connectivity index (χ1) is 21.4. The summed E-state index contributed by atoms with van der Waals surface area (Å²) in [5.41, 5.74) is 3.65. The molecular formula is C34H25ClN2O6S. The number of hydrogen-bond donors (Lipinski definition) is 0. The number of ether oxygens (including phenoxy) is 3. The van der Waals surface area contributed by atoms with E-state index < -0.39 is 12.0 Å². The number of aryl methyl sites for hydroxylation is 1. The van der Waals surface area contributed by atoms with Crippen LogP contribution in [0.3, 0.4) is 0 Å². The fourth-order valence-electron chi connectivity index (χ4n) is 5.40. The van der Waals surface area contributed by atoms with Crippen LogP contribution in [0.5, 0.6) is 11.5 Å². The predicted octanol–water partition coefficient (Wildman–Crippen LogP) is 5.89. The van der Waals surface area contributed by atoms with Gasteiger partial charge in [0.2, 0.25) is 6.79 Å². The molecule has 0 bridgehead atoms. The van der Waals surface area contributed by atoms with Crippen molar-refractivity contribution in [3.05, 3.63) is 132 Å². The molecule has 44 heavy (non-hydrogen) atoms. The van der Waals surface area contributed by atoms with Crippen molar-refractivity contribution < 1.29 is 23.4 Å². The Labute approximate surface area is 260 Å². The lowest BCUT2D eigenvalue weighted by Crippen LogP contribution is -2.40. The van der Waals surface area contributed by atoms with E-state index in [0.717, 1.165) is 16.7 Å². The molecule has 7 rings (SSSR count). The van der Waals surface area contributed by atoms with Gasteiger partial charge >= 0.3 is 5.97 Å². The molecular weight excluding hydrogens is 600 g/mol. The van der Waals surface area contributed by atoms with Gasteiger partial charge in [0.1, 0.15) is 11.5 Å². The summed E-state index contributed by atoms with van der Waals surface area (Å²) in [5, 5.41) is 0.604. The van der Waals surface area contributed by atoms with E-state index in [4.69, 9.17) is 35.2 Å². The van der Waals surface area contributed by atoms with E-state index in [1.165, 1.54) is 15.9 Å². The molecule has 1 unspecified atom stereocenters. The van der Waals surface area contributed by atoms with Crippen LogP contribution in [0.25, 0.3) is 23.1 Å². The third kappa shape index (κ3) is 4.94. The quantitative estimate of drug-likeness (QED) is 0.219. The molecule has 0 aliphatic carbocycles. The topological polar surface area (TPSA) is 92.3 Å². The largest absolute Gasteiger partial charge is 0.463 e. The number of carbonyl (C=O) groups excluding carboxylic acids is 1. The van der Waals surface area contributed by atoms with Crippen LogP contribution in [0.2, 0.25) is 5.02 Å². The first-order valence-electron chi connectivity index (χ1n) is 14.0. The van der Waals surface area contributed by atoms with Crippen molar-refractivity contribution >= 4 is 40.7 Å². The predicted molar refractivity (Wildman–Crippen MR) is 168 cm³/mol. The Kier molecular flexibility index (Phi) is 7.20. The highest BCUT2D eigenvalue weighted by Crippen LogP contribution is 2.40. The van der Waals surface area contributed by atoms with Crippen LogP contribution in [-0.2, 0) is 9.53 Å². The van der Waals surface area contributed by atoms with Gasteiger partial charge < -0.3 is 18.6 Å². The molecule has 0 N–H and O–H groups in total. The van der Waals surface area contributed by atoms with Gasteiger partial charge in [-0.05, 0) is 61.4 Å². The van der Waals surface area contributed by atoms with Gasteiger partial charge in [-0.15, -0.1) is 0 Å². The molecule has 0 fully saturated rings. The minimum atomic E-state index is -0.835. The number of nitrogens with zero attached hydrogens (tertiary/aromatic N) is 2. The second-order valence-corrected chi connectivity index (χ2v) is 11.7. The van der Waals surface area contributed by atoms with Gasteiger partial charge in [0.15, 0.2) is 16.3 Å². The highest BCUT2D eigenvalue weighted by atomic mass is 35.5. The number of thiazole rings is 1. The number of carbonyl (C=O) groups is 1. The number of benzene rings is 3. The summed E-state index contributed by atoms with van der Waals surface area (Å²) < 4.78 is 24.8. The van der Waals surface area contributed by atoms with E-state index in [0.29, 0.717) is 48.6 Å². The fraction of sp³-hybridized carbons (Fsp3) is 0.147. The normalized spacial score (nSPS) is 15.7. The molecule has 0 saturated carbocycles. The molecule has 0 radical (unpaired) electrons. The maximum absolute atomic E-state index is 14.2. The number of hydrogen-bond acceptors (Lipinski definition) is 8. The van der Waals surface area contributed by atoms with Crippen molar-refractivity contribution in [1.82, 2.24) is 4.57 Å². The summed E-state index contributed by atoms with van der Waals surface area (Å²) in [6.07, 6.45) is 1.69. The monoisotopic (exact) mass is 624 g/mol. The smallest absolute Gasteiger partial charge is 0.338 e. The van der Waals surface area contributed by atoms with Crippen LogP contribution in [0, 0.1) is 6.92 Å². The highest BCUT2D eigenvalue weighted by Gasteiger charge is 2.36. The van der Waals surface area contributed by atoms with E-state index in [1.807, 2.05) is 73.7 Å². The average Bonchev–Trinajstić information content (AvgIpc) is 3.77. The van der Waals surface area contributed by atoms with E-state index >= 15 is 0 Å². The molecule has 0 spiro atoms. The summed E-state index contributed by atoms with van der Waals surface area (Å²) in [5.74, 6) is 1.70. The molecule has 0 saturated heterocycles. The van der Waals surface area contributed by atoms with Gasteiger partial charge in [-0.25, -0.2) is 9.79 Å². The Balaban J connectivity index is 1.43. The Bertz CT molecular complexity index is 2140. The van der Waals surface area contributed by atoms with E-state index in [1.54, 1.807) is 25.1 Å². The highest BCUT2D eigenvalue weighted by molar-refractivity contribution is 7.07. The number of furan rings is 1. The van der Waals surface area contributed by atoms with Gasteiger partial charge in [-0.2, -0.15) is 0 Å². The lowest BCUT2D eigenvalue weighted by Gasteiger charge is -2.26. The zero-order chi connectivity index (χ0) is 30.4. The standard InChI is InChI=1S/C34H25ClN2O6S/c1-3-40-33(39)29-30(20-7-5-4-6-8-20)36-34-37(31(29)21-10-13-26-27(15-21)42-18-41-26)32(38)28(44-34)17-23-12-14-25(43-23)24-16-22(35)11-9-19(24)2/h4-17,31H,3,18H2,1-2H3/b28-17-. The summed E-state index contributed by atoms with van der Waals surface area (Å²) >= 11 is 7.45. The minimum Gasteiger partial charge on any atom is -0.463 e. The Morgan fingerprint density at radius 3 is 2.70 bits per heavy atom. The molecule has 8 nitrogen and oxygen atoms in total. The number of esters is 1. The zero-order valence-corrected chi connectivity index (χ0v) is 25.3. The number of aromatic nitrogens is 1. The van der Waals surface area contributed by atoms with Crippen molar-refractivity contribution in [2.45, 2.75) is 19.9 Å². The number of halogens is 1. The van der Waals surface area contributed by atoms with Crippen LogP contribution in [0.15, 0.2) is 98.6 Å². The summed E-state index contributed by atoms with van der Waals surface area (Å²) in [6.45, 7) is 3.98. The first-order valence-corrected chi connectivity index (χ1v) is 15.1. The maximum Gasteiger partial charge on any atom is 0.338 e. The summed E-state index contributed by atoms with van der Waals surface area (Å²) in [6, 6.07) is 23.2. The molecule has 10 heteroatoms. The van der Waals surface area contributed by atoms with Gasteiger partial charge in [0.05, 0.1) is 28.5 Å². The van der Waals surface area contributed by atoms with Crippen molar-refractivity contribution in [3.63, 3.8) is 0 Å². The first kappa shape index (κ1) is 27.9. The van der Waals surface area contributed by atoms with E-state index in [2.05, 4.69) is 0 Å². The molecule has 1 atom stereocenters. The van der Waals surface area contributed by atoms with Crippen molar-refractivity contribution in [2.24, 2.45) is 4.99 Å². The van der Waals surface area contributed by atoms with Crippen LogP contribution >= 0.6 is 22.9 Å². The molecule has 220 valence electrons. The molecule has 5 aromatic rings. The molecule has 4 heterocycles. The molecule has 0 amide bonds. The Morgan fingerprint density at radius 1 is 1.07 bits per heavy atom. The Hall–Kier alpha value is -4.86. The molecule has 3 aromatic carbocycles. The molecule has 2 aromatic heterocycles. The third-order valence-electron chi connectivity index (χ3n) is 7.45. The van der Waals surface area contributed by atoms with Crippen LogP contribution in [0.1, 0.15) is 35.4 Å². The van der Waals surface area contributed by atoms with Crippen LogP contribution in [0.4, 0.5) is 0 Å². The Morgan fingerprint density at radius 2 is 1.89 bits per heavy atom. The van der Waals surface area contributed by atoms with Crippen LogP contribution < -0.4 is 24.4 Å².